The third-order valence-electron chi connectivity index (χ3n) is 6.14. The van der Waals surface area contributed by atoms with Gasteiger partial charge in [0, 0.05) is 18.1 Å². The van der Waals surface area contributed by atoms with Crippen molar-refractivity contribution in [2.45, 2.75) is 83.2 Å². The third kappa shape index (κ3) is 3.76. The Kier molecular flexibility index (Phi) is 5.92. The van der Waals surface area contributed by atoms with E-state index in [1.165, 1.54) is 64.3 Å². The van der Waals surface area contributed by atoms with Crippen molar-refractivity contribution in [3.63, 3.8) is 0 Å². The molecular weight excluding hydrogens is 244 g/mol. The van der Waals surface area contributed by atoms with Crippen LogP contribution in [-0.4, -0.2) is 37.1 Å². The van der Waals surface area contributed by atoms with Gasteiger partial charge >= 0.3 is 0 Å². The number of likely N-dealkylation sites (N-methyl/N-ethyl adjacent to an activating group) is 1. The molecule has 0 aromatic rings. The Morgan fingerprint density at radius 1 is 1.10 bits per heavy atom. The lowest BCUT2D eigenvalue weighted by Gasteiger charge is -2.47. The van der Waals surface area contributed by atoms with Crippen LogP contribution in [-0.2, 0) is 0 Å². The van der Waals surface area contributed by atoms with Crippen LogP contribution in [0.1, 0.15) is 71.6 Å². The Labute approximate surface area is 126 Å². The van der Waals surface area contributed by atoms with Crippen LogP contribution in [0, 0.1) is 11.8 Å². The van der Waals surface area contributed by atoms with Crippen LogP contribution in [0.4, 0.5) is 0 Å². The minimum atomic E-state index is 0.410. The summed E-state index contributed by atoms with van der Waals surface area (Å²) in [7, 11) is 4.58. The van der Waals surface area contributed by atoms with E-state index in [0.717, 1.165) is 17.9 Å². The molecule has 2 aliphatic carbocycles. The quantitative estimate of drug-likeness (QED) is 0.817. The zero-order valence-electron chi connectivity index (χ0n) is 14.3. The van der Waals surface area contributed by atoms with Gasteiger partial charge in [-0.05, 0) is 51.6 Å². The zero-order chi connectivity index (χ0) is 14.6. The molecule has 0 heterocycles. The van der Waals surface area contributed by atoms with Crippen molar-refractivity contribution in [1.29, 1.82) is 0 Å². The molecule has 0 aliphatic heterocycles. The molecule has 4 atom stereocenters. The molecule has 20 heavy (non-hydrogen) atoms. The molecule has 2 fully saturated rings. The summed E-state index contributed by atoms with van der Waals surface area (Å²) < 4.78 is 0. The Balaban J connectivity index is 1.94. The molecule has 0 aromatic heterocycles. The molecule has 2 aliphatic rings. The topological polar surface area (TPSA) is 15.3 Å². The maximum Gasteiger partial charge on any atom is 0.0330 e. The van der Waals surface area contributed by atoms with E-state index < -0.39 is 0 Å². The first-order chi connectivity index (χ1) is 9.57. The molecule has 2 saturated carbocycles. The predicted octanol–water partition coefficient (Wildman–Crippen LogP) is 4.06. The predicted molar refractivity (Wildman–Crippen MR) is 88.1 cm³/mol. The SMILES string of the molecule is CCC1CCCCC1NCC1(N(C)C)CCCC(C)C1. The van der Waals surface area contributed by atoms with Gasteiger partial charge in [-0.1, -0.05) is 46.0 Å². The summed E-state index contributed by atoms with van der Waals surface area (Å²) in [5, 5.41) is 3.99. The largest absolute Gasteiger partial charge is 0.312 e. The average molecular weight is 280 g/mol. The fourth-order valence-corrected chi connectivity index (χ4v) is 4.64. The molecule has 2 heteroatoms. The minimum absolute atomic E-state index is 0.410. The highest BCUT2D eigenvalue weighted by molar-refractivity contribution is 4.96. The van der Waals surface area contributed by atoms with E-state index in [1.807, 2.05) is 0 Å². The van der Waals surface area contributed by atoms with Crippen molar-refractivity contribution in [2.24, 2.45) is 11.8 Å². The van der Waals surface area contributed by atoms with Gasteiger partial charge in [-0.15, -0.1) is 0 Å². The van der Waals surface area contributed by atoms with E-state index in [-0.39, 0.29) is 0 Å². The third-order valence-corrected chi connectivity index (χ3v) is 6.14. The Morgan fingerprint density at radius 2 is 1.85 bits per heavy atom. The average Bonchev–Trinajstić information content (AvgIpc) is 2.45. The Bertz CT molecular complexity index is 289. The summed E-state index contributed by atoms with van der Waals surface area (Å²) in [6.45, 7) is 6.01. The van der Waals surface area contributed by atoms with Crippen molar-refractivity contribution in [2.75, 3.05) is 20.6 Å². The van der Waals surface area contributed by atoms with Gasteiger partial charge in [-0.2, -0.15) is 0 Å². The molecule has 0 aromatic carbocycles. The number of rotatable bonds is 5. The first-order valence-corrected chi connectivity index (χ1v) is 8.98. The van der Waals surface area contributed by atoms with Gasteiger partial charge in [0.25, 0.3) is 0 Å². The smallest absolute Gasteiger partial charge is 0.0330 e. The second-order valence-corrected chi connectivity index (χ2v) is 7.76. The van der Waals surface area contributed by atoms with Crippen LogP contribution < -0.4 is 5.32 Å². The standard InChI is InChI=1S/C18H36N2/c1-5-16-10-6-7-11-17(16)19-14-18(20(3)4)12-8-9-15(2)13-18/h15-17,19H,5-14H2,1-4H3. The summed E-state index contributed by atoms with van der Waals surface area (Å²) in [6, 6.07) is 0.780. The van der Waals surface area contributed by atoms with Crippen LogP contribution in [0.2, 0.25) is 0 Å². The highest BCUT2D eigenvalue weighted by Crippen LogP contribution is 2.36. The summed E-state index contributed by atoms with van der Waals surface area (Å²) in [5.74, 6) is 1.81. The normalized spacial score (nSPS) is 39.1. The molecular formula is C18H36N2. The van der Waals surface area contributed by atoms with Crippen molar-refractivity contribution in [3.05, 3.63) is 0 Å². The van der Waals surface area contributed by atoms with Gasteiger partial charge in [0.15, 0.2) is 0 Å². The molecule has 0 spiro atoms. The second-order valence-electron chi connectivity index (χ2n) is 7.76. The first kappa shape index (κ1) is 16.3. The van der Waals surface area contributed by atoms with Crippen LogP contribution in [0.3, 0.4) is 0 Å². The van der Waals surface area contributed by atoms with E-state index in [0.29, 0.717) is 5.54 Å². The van der Waals surface area contributed by atoms with Crippen molar-refractivity contribution >= 4 is 0 Å². The fourth-order valence-electron chi connectivity index (χ4n) is 4.64. The first-order valence-electron chi connectivity index (χ1n) is 8.98. The lowest BCUT2D eigenvalue weighted by Crippen LogP contribution is -2.56. The second kappa shape index (κ2) is 7.26. The Morgan fingerprint density at radius 3 is 2.50 bits per heavy atom. The van der Waals surface area contributed by atoms with E-state index in [1.54, 1.807) is 0 Å². The summed E-state index contributed by atoms with van der Waals surface area (Å²) in [6.07, 6.45) is 12.7. The van der Waals surface area contributed by atoms with Crippen LogP contribution in [0.25, 0.3) is 0 Å². The number of nitrogens with one attached hydrogen (secondary N) is 1. The van der Waals surface area contributed by atoms with E-state index >= 15 is 0 Å². The maximum absolute atomic E-state index is 3.99. The van der Waals surface area contributed by atoms with Gasteiger partial charge in [0.1, 0.15) is 0 Å². The highest BCUT2D eigenvalue weighted by atomic mass is 15.2. The lowest BCUT2D eigenvalue weighted by atomic mass is 9.75. The van der Waals surface area contributed by atoms with Crippen molar-refractivity contribution in [3.8, 4) is 0 Å². The van der Waals surface area contributed by atoms with Crippen LogP contribution in [0.5, 0.6) is 0 Å². The van der Waals surface area contributed by atoms with Gasteiger partial charge in [-0.3, -0.25) is 0 Å². The fraction of sp³-hybridized carbons (Fsp3) is 1.00. The zero-order valence-corrected chi connectivity index (χ0v) is 14.3. The molecule has 0 bridgehead atoms. The van der Waals surface area contributed by atoms with Gasteiger partial charge in [0.05, 0.1) is 0 Å². The summed E-state index contributed by atoms with van der Waals surface area (Å²) in [5.41, 5.74) is 0.410. The molecule has 2 rings (SSSR count). The van der Waals surface area contributed by atoms with Crippen LogP contribution in [0.15, 0.2) is 0 Å². The van der Waals surface area contributed by atoms with Crippen molar-refractivity contribution < 1.29 is 0 Å². The molecule has 4 unspecified atom stereocenters. The highest BCUT2D eigenvalue weighted by Gasteiger charge is 2.37. The van der Waals surface area contributed by atoms with Crippen molar-refractivity contribution in [1.82, 2.24) is 10.2 Å². The molecule has 0 radical (unpaired) electrons. The maximum atomic E-state index is 3.99. The summed E-state index contributed by atoms with van der Waals surface area (Å²) >= 11 is 0. The Hall–Kier alpha value is -0.0800. The van der Waals surface area contributed by atoms with E-state index in [4.69, 9.17) is 0 Å². The molecule has 2 nitrogen and oxygen atoms in total. The van der Waals surface area contributed by atoms with Gasteiger partial charge in [0.2, 0.25) is 0 Å². The van der Waals surface area contributed by atoms with Gasteiger partial charge in [-0.25, -0.2) is 0 Å². The number of nitrogens with zero attached hydrogens (tertiary/aromatic N) is 1. The molecule has 118 valence electrons. The lowest BCUT2D eigenvalue weighted by molar-refractivity contribution is 0.0669. The molecule has 0 saturated heterocycles. The summed E-state index contributed by atoms with van der Waals surface area (Å²) in [4.78, 5) is 2.51. The van der Waals surface area contributed by atoms with Crippen LogP contribution >= 0.6 is 0 Å². The van der Waals surface area contributed by atoms with E-state index in [9.17, 15) is 0 Å². The van der Waals surface area contributed by atoms with Gasteiger partial charge < -0.3 is 10.2 Å². The minimum Gasteiger partial charge on any atom is -0.312 e. The monoisotopic (exact) mass is 280 g/mol. The van der Waals surface area contributed by atoms with E-state index in [2.05, 4.69) is 38.2 Å². The molecule has 0 amide bonds. The number of hydrogen-bond acceptors (Lipinski definition) is 2. The number of hydrogen-bond donors (Lipinski definition) is 1. The molecule has 1 N–H and O–H groups in total.